The smallest absolute Gasteiger partial charge is 0.211 e. The van der Waals surface area contributed by atoms with E-state index in [1.54, 1.807) is 0 Å². The lowest BCUT2D eigenvalue weighted by molar-refractivity contribution is -0.105. The van der Waals surface area contributed by atoms with Crippen LogP contribution in [-0.4, -0.2) is 36.5 Å². The number of fused-ring (bicyclic) bond motifs is 4. The number of rotatable bonds is 7. The SMILES string of the molecule is CC(CN1CC[C@@]2(C)c3cccc(NC=O)c3C[C@@H]1C2(C)C)OCc1c(F)cccc1F.Cl. The van der Waals surface area contributed by atoms with Gasteiger partial charge in [0.25, 0.3) is 0 Å². The Balaban J connectivity index is 0.00000306. The average molecular weight is 479 g/mol. The molecule has 1 heterocycles. The minimum Gasteiger partial charge on any atom is -0.372 e. The Labute approximate surface area is 201 Å². The van der Waals surface area contributed by atoms with Crippen LogP contribution in [0.5, 0.6) is 0 Å². The molecule has 4 nitrogen and oxygen atoms in total. The first-order chi connectivity index (χ1) is 15.2. The normalized spacial score (nSPS) is 24.4. The number of nitrogens with one attached hydrogen (secondary N) is 1. The van der Waals surface area contributed by atoms with Crippen LogP contribution < -0.4 is 5.32 Å². The van der Waals surface area contributed by atoms with E-state index in [1.165, 1.54) is 29.3 Å². The summed E-state index contributed by atoms with van der Waals surface area (Å²) in [5, 5.41) is 2.88. The standard InChI is InChI=1S/C26H32F2N2O2.ClH/c1-17(32-15-19-21(27)8-6-9-22(19)28)14-30-12-11-26(4)20-7-5-10-23(29-16-31)18(20)13-24(30)25(26,2)3;/h5-10,16-17,24H,11-15H2,1-4H3,(H,29,31);1H/t17?,24-,26+;/m1./s1. The van der Waals surface area contributed by atoms with Crippen LogP contribution in [0.4, 0.5) is 14.5 Å². The summed E-state index contributed by atoms with van der Waals surface area (Å²) in [5.74, 6) is -1.16. The van der Waals surface area contributed by atoms with Crippen molar-refractivity contribution < 1.29 is 18.3 Å². The van der Waals surface area contributed by atoms with Crippen LogP contribution in [0.15, 0.2) is 36.4 Å². The van der Waals surface area contributed by atoms with Gasteiger partial charge in [-0.1, -0.05) is 39.0 Å². The van der Waals surface area contributed by atoms with Gasteiger partial charge >= 0.3 is 0 Å². The molecule has 2 aromatic rings. The number of benzene rings is 2. The number of nitrogens with zero attached hydrogens (tertiary/aromatic N) is 1. The van der Waals surface area contributed by atoms with Crippen LogP contribution in [0.25, 0.3) is 0 Å². The lowest BCUT2D eigenvalue weighted by Gasteiger charge is -2.61. The Morgan fingerprint density at radius 3 is 2.52 bits per heavy atom. The zero-order valence-electron chi connectivity index (χ0n) is 19.7. The summed E-state index contributed by atoms with van der Waals surface area (Å²) >= 11 is 0. The summed E-state index contributed by atoms with van der Waals surface area (Å²) in [5.41, 5.74) is 3.38. The molecule has 33 heavy (non-hydrogen) atoms. The Kier molecular flexibility index (Phi) is 7.52. The molecule has 2 aliphatic rings. The third-order valence-corrected chi connectivity index (χ3v) is 8.04. The van der Waals surface area contributed by atoms with Crippen molar-refractivity contribution in [3.8, 4) is 0 Å². The van der Waals surface area contributed by atoms with E-state index in [2.05, 4.69) is 37.1 Å². The second-order valence-electron chi connectivity index (χ2n) is 9.93. The largest absolute Gasteiger partial charge is 0.372 e. The maximum Gasteiger partial charge on any atom is 0.211 e. The van der Waals surface area contributed by atoms with Gasteiger partial charge in [-0.05, 0) is 61.1 Å². The molecule has 7 heteroatoms. The zero-order chi connectivity index (χ0) is 23.1. The predicted molar refractivity (Wildman–Crippen MR) is 129 cm³/mol. The predicted octanol–water partition coefficient (Wildman–Crippen LogP) is 5.47. The quantitative estimate of drug-likeness (QED) is 0.536. The van der Waals surface area contributed by atoms with E-state index in [0.29, 0.717) is 6.54 Å². The summed E-state index contributed by atoms with van der Waals surface area (Å²) in [6, 6.07) is 10.3. The van der Waals surface area contributed by atoms with Crippen LogP contribution >= 0.6 is 12.4 Å². The molecule has 1 N–H and O–H groups in total. The van der Waals surface area contributed by atoms with Crippen LogP contribution in [0.3, 0.4) is 0 Å². The van der Waals surface area contributed by atoms with E-state index in [0.717, 1.165) is 31.5 Å². The Morgan fingerprint density at radius 1 is 1.18 bits per heavy atom. The summed E-state index contributed by atoms with van der Waals surface area (Å²) in [6.07, 6.45) is 2.38. The van der Waals surface area contributed by atoms with E-state index < -0.39 is 11.6 Å². The van der Waals surface area contributed by atoms with E-state index >= 15 is 0 Å². The molecule has 3 atom stereocenters. The highest BCUT2D eigenvalue weighted by molar-refractivity contribution is 5.85. The highest BCUT2D eigenvalue weighted by Crippen LogP contribution is 2.56. The molecule has 0 aromatic heterocycles. The molecule has 1 fully saturated rings. The second kappa shape index (κ2) is 9.69. The maximum atomic E-state index is 14.0. The number of anilines is 1. The molecule has 0 radical (unpaired) electrons. The molecule has 1 aliphatic carbocycles. The van der Waals surface area contributed by atoms with Gasteiger partial charge < -0.3 is 10.1 Å². The van der Waals surface area contributed by atoms with E-state index in [1.807, 2.05) is 19.1 Å². The Hall–Kier alpha value is -2.02. The van der Waals surface area contributed by atoms with Crippen molar-refractivity contribution in [2.75, 3.05) is 18.4 Å². The van der Waals surface area contributed by atoms with Crippen molar-refractivity contribution in [1.82, 2.24) is 4.90 Å². The fourth-order valence-corrected chi connectivity index (χ4v) is 5.75. The zero-order valence-corrected chi connectivity index (χ0v) is 20.5. The van der Waals surface area contributed by atoms with E-state index in [-0.39, 0.29) is 47.6 Å². The number of ether oxygens (including phenoxy) is 1. The summed E-state index contributed by atoms with van der Waals surface area (Å²) < 4.78 is 33.8. The fraction of sp³-hybridized carbons (Fsp3) is 0.500. The third-order valence-electron chi connectivity index (χ3n) is 8.04. The molecule has 1 aliphatic heterocycles. The van der Waals surface area contributed by atoms with Gasteiger partial charge in [-0.3, -0.25) is 9.69 Å². The molecule has 180 valence electrons. The van der Waals surface area contributed by atoms with Gasteiger partial charge in [0, 0.05) is 29.3 Å². The monoisotopic (exact) mass is 478 g/mol. The van der Waals surface area contributed by atoms with Gasteiger partial charge in [-0.2, -0.15) is 0 Å². The van der Waals surface area contributed by atoms with Crippen molar-refractivity contribution in [1.29, 1.82) is 0 Å². The first-order valence-corrected chi connectivity index (χ1v) is 11.3. The first-order valence-electron chi connectivity index (χ1n) is 11.3. The summed E-state index contributed by atoms with van der Waals surface area (Å²) in [4.78, 5) is 13.6. The van der Waals surface area contributed by atoms with Gasteiger partial charge in [-0.15, -0.1) is 12.4 Å². The fourth-order valence-electron chi connectivity index (χ4n) is 5.75. The summed E-state index contributed by atoms with van der Waals surface area (Å²) in [7, 11) is 0. The van der Waals surface area contributed by atoms with Crippen molar-refractivity contribution in [3.63, 3.8) is 0 Å². The number of hydrogen-bond acceptors (Lipinski definition) is 3. The molecular weight excluding hydrogens is 446 g/mol. The summed E-state index contributed by atoms with van der Waals surface area (Å²) in [6.45, 7) is 10.5. The highest BCUT2D eigenvalue weighted by atomic mass is 35.5. The second-order valence-corrected chi connectivity index (χ2v) is 9.93. The van der Waals surface area contributed by atoms with Gasteiger partial charge in [0.2, 0.25) is 6.41 Å². The van der Waals surface area contributed by atoms with E-state index in [4.69, 9.17) is 4.74 Å². The van der Waals surface area contributed by atoms with Crippen LogP contribution in [-0.2, 0) is 28.0 Å². The van der Waals surface area contributed by atoms with Crippen LogP contribution in [0.1, 0.15) is 50.8 Å². The van der Waals surface area contributed by atoms with Crippen molar-refractivity contribution in [3.05, 3.63) is 64.7 Å². The van der Waals surface area contributed by atoms with Crippen molar-refractivity contribution in [2.45, 2.75) is 64.7 Å². The number of halogens is 3. The number of carbonyl (C=O) groups excluding carboxylic acids is 1. The molecule has 1 saturated heterocycles. The van der Waals surface area contributed by atoms with Crippen LogP contribution in [0, 0.1) is 17.0 Å². The molecule has 0 spiro atoms. The molecule has 4 rings (SSSR count). The Bertz CT molecular complexity index is 996. The molecule has 1 amide bonds. The molecule has 2 aromatic carbocycles. The van der Waals surface area contributed by atoms with Gasteiger partial charge in [-0.25, -0.2) is 8.78 Å². The van der Waals surface area contributed by atoms with Crippen molar-refractivity contribution >= 4 is 24.5 Å². The Morgan fingerprint density at radius 2 is 1.85 bits per heavy atom. The minimum atomic E-state index is -0.578. The minimum absolute atomic E-state index is 0. The molecule has 2 bridgehead atoms. The molecular formula is C26H33ClF2N2O2. The van der Waals surface area contributed by atoms with Gasteiger partial charge in [0.15, 0.2) is 0 Å². The van der Waals surface area contributed by atoms with Crippen molar-refractivity contribution in [2.24, 2.45) is 5.41 Å². The number of likely N-dealkylation sites (tertiary alicyclic amines) is 1. The molecule has 0 saturated carbocycles. The van der Waals surface area contributed by atoms with Gasteiger partial charge in [0.05, 0.1) is 12.7 Å². The lowest BCUT2D eigenvalue weighted by atomic mass is 9.51. The first kappa shape index (κ1) is 25.6. The van der Waals surface area contributed by atoms with Crippen LogP contribution in [0.2, 0.25) is 0 Å². The lowest BCUT2D eigenvalue weighted by Crippen LogP contribution is -2.64. The maximum absolute atomic E-state index is 14.0. The number of hydrogen-bond donors (Lipinski definition) is 1. The topological polar surface area (TPSA) is 41.6 Å². The molecule has 1 unspecified atom stereocenters. The number of piperidine rings is 1. The third kappa shape index (κ3) is 4.41. The number of carbonyl (C=O) groups is 1. The van der Waals surface area contributed by atoms with E-state index in [9.17, 15) is 13.6 Å². The van der Waals surface area contributed by atoms with Gasteiger partial charge in [0.1, 0.15) is 11.6 Å². The number of amides is 1. The highest BCUT2D eigenvalue weighted by Gasteiger charge is 2.56. The average Bonchev–Trinajstić information content (AvgIpc) is 2.73.